The van der Waals surface area contributed by atoms with Gasteiger partial charge in [-0.2, -0.15) is 0 Å². The molecule has 2 heterocycles. The van der Waals surface area contributed by atoms with Gasteiger partial charge in [-0.25, -0.2) is 0 Å². The maximum absolute atomic E-state index is 13.2. The molecular formula is C24H27N3O5. The zero-order valence-electron chi connectivity index (χ0n) is 18.7. The Morgan fingerprint density at radius 1 is 1.03 bits per heavy atom. The molecule has 0 aromatic heterocycles. The summed E-state index contributed by atoms with van der Waals surface area (Å²) >= 11 is 0. The minimum absolute atomic E-state index is 0.133. The summed E-state index contributed by atoms with van der Waals surface area (Å²) in [5.41, 5.74) is 2.13. The van der Waals surface area contributed by atoms with Crippen molar-refractivity contribution in [1.82, 2.24) is 10.2 Å². The van der Waals surface area contributed by atoms with Crippen LogP contribution in [0.15, 0.2) is 41.4 Å². The smallest absolute Gasteiger partial charge is 0.272 e. The standard InChI is InChI=1S/C24H27N3O5/c1-15-6-5-7-16(12-15)20-22(28)26-24(25-20)8-10-27(11-9-24)23(29)17-13-18(30-2)21(32-4)19(14-17)31-3/h5-7,12-14H,8-11H2,1-4H3,(H,26,28). The van der Waals surface area contributed by atoms with Crippen LogP contribution in [0.4, 0.5) is 0 Å². The van der Waals surface area contributed by atoms with E-state index in [0.717, 1.165) is 11.1 Å². The molecule has 0 radical (unpaired) electrons. The summed E-state index contributed by atoms with van der Waals surface area (Å²) in [6.07, 6.45) is 1.09. The molecule has 2 amide bonds. The summed E-state index contributed by atoms with van der Waals surface area (Å²) < 4.78 is 16.1. The predicted octanol–water partition coefficient (Wildman–Crippen LogP) is 2.57. The average molecular weight is 437 g/mol. The number of rotatable bonds is 5. The van der Waals surface area contributed by atoms with Gasteiger partial charge in [0.05, 0.1) is 21.3 Å². The van der Waals surface area contributed by atoms with Gasteiger partial charge >= 0.3 is 0 Å². The van der Waals surface area contributed by atoms with E-state index in [-0.39, 0.29) is 11.8 Å². The Labute approximate surface area is 187 Å². The Morgan fingerprint density at radius 2 is 1.69 bits per heavy atom. The number of nitrogens with zero attached hydrogens (tertiary/aromatic N) is 2. The van der Waals surface area contributed by atoms with Crippen LogP contribution in [0.1, 0.15) is 34.3 Å². The lowest BCUT2D eigenvalue weighted by Crippen LogP contribution is -2.52. The normalized spacial score (nSPS) is 17.1. The van der Waals surface area contributed by atoms with Crippen LogP contribution in [0.2, 0.25) is 0 Å². The van der Waals surface area contributed by atoms with Crippen LogP contribution >= 0.6 is 0 Å². The number of carbonyl (C=O) groups is 2. The summed E-state index contributed by atoms with van der Waals surface area (Å²) in [5, 5.41) is 3.05. The molecule has 32 heavy (non-hydrogen) atoms. The third kappa shape index (κ3) is 3.88. The van der Waals surface area contributed by atoms with Crippen molar-refractivity contribution in [2.75, 3.05) is 34.4 Å². The number of hydrogen-bond donors (Lipinski definition) is 1. The van der Waals surface area contributed by atoms with E-state index < -0.39 is 5.66 Å². The molecule has 0 atom stereocenters. The molecule has 8 nitrogen and oxygen atoms in total. The summed E-state index contributed by atoms with van der Waals surface area (Å²) in [6.45, 7) is 2.93. The van der Waals surface area contributed by atoms with Crippen LogP contribution in [0.25, 0.3) is 0 Å². The minimum atomic E-state index is -0.664. The van der Waals surface area contributed by atoms with Crippen LogP contribution in [0.3, 0.4) is 0 Å². The highest BCUT2D eigenvalue weighted by Crippen LogP contribution is 2.39. The van der Waals surface area contributed by atoms with E-state index in [1.54, 1.807) is 17.0 Å². The lowest BCUT2D eigenvalue weighted by atomic mass is 9.97. The van der Waals surface area contributed by atoms with Gasteiger partial charge in [-0.3, -0.25) is 14.6 Å². The van der Waals surface area contributed by atoms with Crippen molar-refractivity contribution in [3.8, 4) is 17.2 Å². The topological polar surface area (TPSA) is 89.5 Å². The van der Waals surface area contributed by atoms with E-state index in [0.29, 0.717) is 54.5 Å². The number of nitrogens with one attached hydrogen (secondary N) is 1. The summed E-state index contributed by atoms with van der Waals surface area (Å²) in [5.74, 6) is 1.00. The lowest BCUT2D eigenvalue weighted by molar-refractivity contribution is -0.115. The Kier molecular flexibility index (Phi) is 5.78. The third-order valence-electron chi connectivity index (χ3n) is 5.97. The SMILES string of the molecule is COc1cc(C(=O)N2CCC3(CC2)N=C(c2cccc(C)c2)C(=O)N3)cc(OC)c1OC. The second-order valence-electron chi connectivity index (χ2n) is 8.02. The number of ether oxygens (including phenoxy) is 3. The van der Waals surface area contributed by atoms with E-state index in [1.165, 1.54) is 21.3 Å². The molecule has 2 aliphatic heterocycles. The van der Waals surface area contributed by atoms with Crippen LogP contribution in [-0.2, 0) is 4.79 Å². The molecule has 0 bridgehead atoms. The van der Waals surface area contributed by atoms with Gasteiger partial charge in [0.25, 0.3) is 11.8 Å². The largest absolute Gasteiger partial charge is 0.493 e. The maximum atomic E-state index is 13.2. The fourth-order valence-corrected chi connectivity index (χ4v) is 4.25. The molecule has 1 saturated heterocycles. The van der Waals surface area contributed by atoms with Crippen molar-refractivity contribution in [3.63, 3.8) is 0 Å². The van der Waals surface area contributed by atoms with Gasteiger partial charge in [0.1, 0.15) is 11.4 Å². The van der Waals surface area contributed by atoms with Crippen LogP contribution in [0.5, 0.6) is 17.2 Å². The lowest BCUT2D eigenvalue weighted by Gasteiger charge is -2.37. The quantitative estimate of drug-likeness (QED) is 0.777. The van der Waals surface area contributed by atoms with Gasteiger partial charge in [0.2, 0.25) is 5.75 Å². The number of aryl methyl sites for hydroxylation is 1. The van der Waals surface area contributed by atoms with Crippen molar-refractivity contribution in [3.05, 3.63) is 53.1 Å². The molecule has 2 aromatic carbocycles. The zero-order chi connectivity index (χ0) is 22.9. The number of likely N-dealkylation sites (tertiary alicyclic amines) is 1. The molecule has 1 N–H and O–H groups in total. The zero-order valence-corrected chi connectivity index (χ0v) is 18.7. The molecule has 0 aliphatic carbocycles. The number of piperidine rings is 1. The molecule has 0 saturated carbocycles. The number of hydrogen-bond acceptors (Lipinski definition) is 6. The van der Waals surface area contributed by atoms with Crippen molar-refractivity contribution in [2.45, 2.75) is 25.4 Å². The molecule has 8 heteroatoms. The first-order valence-corrected chi connectivity index (χ1v) is 10.5. The number of amides is 2. The molecule has 2 aliphatic rings. The number of benzene rings is 2. The highest BCUT2D eigenvalue weighted by Gasteiger charge is 2.43. The average Bonchev–Trinajstić information content (AvgIpc) is 3.13. The highest BCUT2D eigenvalue weighted by atomic mass is 16.5. The Morgan fingerprint density at radius 3 is 2.25 bits per heavy atom. The third-order valence-corrected chi connectivity index (χ3v) is 5.97. The Hall–Kier alpha value is -3.55. The van der Waals surface area contributed by atoms with Crippen molar-refractivity contribution < 1.29 is 23.8 Å². The van der Waals surface area contributed by atoms with Gasteiger partial charge in [0, 0.05) is 37.1 Å². The van der Waals surface area contributed by atoms with Crippen molar-refractivity contribution in [1.29, 1.82) is 0 Å². The van der Waals surface area contributed by atoms with E-state index in [4.69, 9.17) is 19.2 Å². The number of methoxy groups -OCH3 is 3. The molecule has 2 aromatic rings. The van der Waals surface area contributed by atoms with E-state index >= 15 is 0 Å². The second kappa shape index (κ2) is 8.53. The molecule has 0 unspecified atom stereocenters. The van der Waals surface area contributed by atoms with Crippen molar-refractivity contribution >= 4 is 17.5 Å². The van der Waals surface area contributed by atoms with Crippen LogP contribution in [-0.4, -0.2) is 62.5 Å². The summed E-state index contributed by atoms with van der Waals surface area (Å²) in [4.78, 5) is 32.4. The monoisotopic (exact) mass is 437 g/mol. The summed E-state index contributed by atoms with van der Waals surface area (Å²) in [6, 6.07) is 11.1. The minimum Gasteiger partial charge on any atom is -0.493 e. The van der Waals surface area contributed by atoms with E-state index in [9.17, 15) is 9.59 Å². The molecular weight excluding hydrogens is 410 g/mol. The van der Waals surface area contributed by atoms with Gasteiger partial charge < -0.3 is 24.4 Å². The number of carbonyl (C=O) groups excluding carboxylic acids is 2. The van der Waals surface area contributed by atoms with E-state index in [1.807, 2.05) is 31.2 Å². The highest BCUT2D eigenvalue weighted by molar-refractivity contribution is 6.46. The van der Waals surface area contributed by atoms with Gasteiger partial charge in [-0.15, -0.1) is 0 Å². The molecule has 168 valence electrons. The molecule has 4 rings (SSSR count). The van der Waals surface area contributed by atoms with Gasteiger partial charge in [0.15, 0.2) is 11.5 Å². The maximum Gasteiger partial charge on any atom is 0.272 e. The van der Waals surface area contributed by atoms with E-state index in [2.05, 4.69) is 5.32 Å². The first-order valence-electron chi connectivity index (χ1n) is 10.5. The van der Waals surface area contributed by atoms with Gasteiger partial charge in [-0.1, -0.05) is 23.8 Å². The Balaban J connectivity index is 1.52. The summed E-state index contributed by atoms with van der Waals surface area (Å²) in [7, 11) is 4.55. The predicted molar refractivity (Wildman–Crippen MR) is 120 cm³/mol. The van der Waals surface area contributed by atoms with Crippen LogP contribution in [0, 0.1) is 6.92 Å². The van der Waals surface area contributed by atoms with Gasteiger partial charge in [-0.05, 0) is 25.1 Å². The fourth-order valence-electron chi connectivity index (χ4n) is 4.25. The Bertz CT molecular complexity index is 1060. The molecule has 1 spiro atoms. The second-order valence-corrected chi connectivity index (χ2v) is 8.02. The number of aliphatic imine (C=N–C) groups is 1. The fraction of sp³-hybridized carbons (Fsp3) is 0.375. The van der Waals surface area contributed by atoms with Crippen molar-refractivity contribution in [2.24, 2.45) is 4.99 Å². The van der Waals surface area contributed by atoms with Crippen LogP contribution < -0.4 is 19.5 Å². The first kappa shape index (κ1) is 21.7. The molecule has 1 fully saturated rings. The first-order chi connectivity index (χ1) is 15.4.